The molecule has 0 unspecified atom stereocenters. The number of amides is 1. The molecule has 30 heavy (non-hydrogen) atoms. The molecule has 2 aromatic carbocycles. The van der Waals surface area contributed by atoms with E-state index in [2.05, 4.69) is 20.8 Å². The van der Waals surface area contributed by atoms with Crippen LogP contribution in [0.15, 0.2) is 53.7 Å². The third kappa shape index (κ3) is 5.71. The van der Waals surface area contributed by atoms with E-state index in [4.69, 9.17) is 11.6 Å². The van der Waals surface area contributed by atoms with Crippen molar-refractivity contribution >= 4 is 46.3 Å². The number of thioether (sulfide) groups is 1. The lowest BCUT2D eigenvalue weighted by atomic mass is 10.3. The van der Waals surface area contributed by atoms with E-state index in [9.17, 15) is 14.9 Å². The third-order valence-electron chi connectivity index (χ3n) is 4.08. The smallest absolute Gasteiger partial charge is 0.269 e. The standard InChI is InChI=1S/C19H19ClN6O3S/c1-2-25-17(11-21-15-5-3-4-13(20)10-15)23-24-19(25)30-12-18(27)22-14-6-8-16(9-7-14)26(28)29/h3-10,21H,2,11-12H2,1H3,(H,22,27). The van der Waals surface area contributed by atoms with Crippen LogP contribution in [0.3, 0.4) is 0 Å². The average Bonchev–Trinajstić information content (AvgIpc) is 3.13. The first kappa shape index (κ1) is 21.6. The number of hydrogen-bond donors (Lipinski definition) is 2. The Hall–Kier alpha value is -3.11. The summed E-state index contributed by atoms with van der Waals surface area (Å²) in [5.41, 5.74) is 1.34. The Balaban J connectivity index is 1.56. The molecule has 0 radical (unpaired) electrons. The molecule has 1 amide bonds. The highest BCUT2D eigenvalue weighted by atomic mass is 35.5. The zero-order valence-electron chi connectivity index (χ0n) is 16.0. The molecular formula is C19H19ClN6O3S. The lowest BCUT2D eigenvalue weighted by Gasteiger charge is -2.09. The summed E-state index contributed by atoms with van der Waals surface area (Å²) in [6, 6.07) is 13.1. The maximum Gasteiger partial charge on any atom is 0.269 e. The molecule has 0 fully saturated rings. The van der Waals surface area contributed by atoms with E-state index in [1.54, 1.807) is 6.07 Å². The van der Waals surface area contributed by atoms with Gasteiger partial charge in [0.05, 0.1) is 17.2 Å². The van der Waals surface area contributed by atoms with Crippen LogP contribution in [0.2, 0.25) is 5.02 Å². The van der Waals surface area contributed by atoms with Gasteiger partial charge in [0.15, 0.2) is 11.0 Å². The number of nitro benzene ring substituents is 1. The van der Waals surface area contributed by atoms with E-state index in [1.807, 2.05) is 29.7 Å². The number of rotatable bonds is 9. The molecule has 0 aliphatic carbocycles. The number of non-ortho nitro benzene ring substituents is 1. The van der Waals surface area contributed by atoms with Gasteiger partial charge in [0.25, 0.3) is 5.69 Å². The number of nitrogens with zero attached hydrogens (tertiary/aromatic N) is 4. The van der Waals surface area contributed by atoms with E-state index in [0.29, 0.717) is 29.0 Å². The number of nitrogens with one attached hydrogen (secondary N) is 2. The van der Waals surface area contributed by atoms with Crippen molar-refractivity contribution in [1.82, 2.24) is 14.8 Å². The summed E-state index contributed by atoms with van der Waals surface area (Å²) >= 11 is 7.27. The number of hydrogen-bond acceptors (Lipinski definition) is 7. The number of halogens is 1. The summed E-state index contributed by atoms with van der Waals surface area (Å²) in [4.78, 5) is 22.4. The highest BCUT2D eigenvalue weighted by molar-refractivity contribution is 7.99. The summed E-state index contributed by atoms with van der Waals surface area (Å²) in [6.07, 6.45) is 0. The molecule has 0 atom stereocenters. The molecule has 1 aromatic heterocycles. The van der Waals surface area contributed by atoms with Crippen LogP contribution in [0.1, 0.15) is 12.7 Å². The van der Waals surface area contributed by atoms with Gasteiger partial charge >= 0.3 is 0 Å². The number of carbonyl (C=O) groups excluding carboxylic acids is 1. The normalized spacial score (nSPS) is 10.6. The Morgan fingerprint density at radius 2 is 1.97 bits per heavy atom. The minimum Gasteiger partial charge on any atom is -0.378 e. The van der Waals surface area contributed by atoms with Crippen LogP contribution in [-0.4, -0.2) is 31.3 Å². The largest absolute Gasteiger partial charge is 0.378 e. The van der Waals surface area contributed by atoms with Gasteiger partial charge in [0.1, 0.15) is 0 Å². The molecule has 1 heterocycles. The van der Waals surface area contributed by atoms with E-state index >= 15 is 0 Å². The van der Waals surface area contributed by atoms with Crippen LogP contribution in [0.4, 0.5) is 17.1 Å². The first-order valence-corrected chi connectivity index (χ1v) is 10.4. The van der Waals surface area contributed by atoms with Gasteiger partial charge in [-0.2, -0.15) is 0 Å². The molecule has 0 aliphatic heterocycles. The van der Waals surface area contributed by atoms with E-state index in [1.165, 1.54) is 36.0 Å². The fraction of sp³-hybridized carbons (Fsp3) is 0.211. The molecular weight excluding hydrogens is 428 g/mol. The van der Waals surface area contributed by atoms with E-state index in [-0.39, 0.29) is 17.3 Å². The number of benzene rings is 2. The van der Waals surface area contributed by atoms with Gasteiger partial charge in [0, 0.05) is 35.1 Å². The van der Waals surface area contributed by atoms with Crippen molar-refractivity contribution in [3.05, 3.63) is 69.5 Å². The molecule has 0 bridgehead atoms. The van der Waals surface area contributed by atoms with Crippen molar-refractivity contribution in [1.29, 1.82) is 0 Å². The number of nitro groups is 1. The molecule has 9 nitrogen and oxygen atoms in total. The van der Waals surface area contributed by atoms with Gasteiger partial charge in [-0.1, -0.05) is 29.4 Å². The molecule has 3 aromatic rings. The Kier molecular flexibility index (Phi) is 7.26. The van der Waals surface area contributed by atoms with Gasteiger partial charge in [-0.05, 0) is 37.3 Å². The molecule has 0 spiro atoms. The maximum absolute atomic E-state index is 12.2. The van der Waals surface area contributed by atoms with Gasteiger partial charge in [-0.3, -0.25) is 14.9 Å². The second kappa shape index (κ2) is 10.1. The van der Waals surface area contributed by atoms with Crippen LogP contribution in [0, 0.1) is 10.1 Å². The highest BCUT2D eigenvalue weighted by Crippen LogP contribution is 2.20. The zero-order chi connectivity index (χ0) is 21.5. The summed E-state index contributed by atoms with van der Waals surface area (Å²) in [6.45, 7) is 3.11. The number of aromatic nitrogens is 3. The van der Waals surface area contributed by atoms with Gasteiger partial charge < -0.3 is 15.2 Å². The van der Waals surface area contributed by atoms with Crippen LogP contribution >= 0.6 is 23.4 Å². The lowest BCUT2D eigenvalue weighted by molar-refractivity contribution is -0.384. The number of carbonyl (C=O) groups is 1. The Labute approximate surface area is 182 Å². The predicted molar refractivity (Wildman–Crippen MR) is 117 cm³/mol. The quantitative estimate of drug-likeness (QED) is 0.287. The first-order valence-electron chi connectivity index (χ1n) is 9.05. The fourth-order valence-electron chi connectivity index (χ4n) is 2.65. The predicted octanol–water partition coefficient (Wildman–Crippen LogP) is 4.20. The van der Waals surface area contributed by atoms with Crippen molar-refractivity contribution in [2.75, 3.05) is 16.4 Å². The molecule has 0 aliphatic rings. The molecule has 0 saturated heterocycles. The van der Waals surface area contributed by atoms with E-state index < -0.39 is 4.92 Å². The molecule has 2 N–H and O–H groups in total. The lowest BCUT2D eigenvalue weighted by Crippen LogP contribution is -2.15. The van der Waals surface area contributed by atoms with Gasteiger partial charge in [-0.15, -0.1) is 10.2 Å². The second-order valence-corrected chi connectivity index (χ2v) is 7.53. The minimum atomic E-state index is -0.488. The second-order valence-electron chi connectivity index (χ2n) is 6.15. The SMILES string of the molecule is CCn1c(CNc2cccc(Cl)c2)nnc1SCC(=O)Nc1ccc([N+](=O)[O-])cc1. The van der Waals surface area contributed by atoms with Crippen molar-refractivity contribution in [3.8, 4) is 0 Å². The molecule has 156 valence electrons. The molecule has 11 heteroatoms. The number of anilines is 2. The monoisotopic (exact) mass is 446 g/mol. The topological polar surface area (TPSA) is 115 Å². The van der Waals surface area contributed by atoms with Gasteiger partial charge in [0.2, 0.25) is 5.91 Å². The van der Waals surface area contributed by atoms with Crippen LogP contribution in [-0.2, 0) is 17.9 Å². The highest BCUT2D eigenvalue weighted by Gasteiger charge is 2.14. The first-order chi connectivity index (χ1) is 14.5. The fourth-order valence-corrected chi connectivity index (χ4v) is 3.66. The molecule has 3 rings (SSSR count). The summed E-state index contributed by atoms with van der Waals surface area (Å²) in [7, 11) is 0. The Bertz CT molecular complexity index is 1040. The molecule has 0 saturated carbocycles. The minimum absolute atomic E-state index is 0.0302. The van der Waals surface area contributed by atoms with Crippen LogP contribution in [0.25, 0.3) is 0 Å². The summed E-state index contributed by atoms with van der Waals surface area (Å²) in [5, 5.41) is 26.3. The zero-order valence-corrected chi connectivity index (χ0v) is 17.6. The average molecular weight is 447 g/mol. The maximum atomic E-state index is 12.2. The van der Waals surface area contributed by atoms with Crippen molar-refractivity contribution in [2.45, 2.75) is 25.2 Å². The third-order valence-corrected chi connectivity index (χ3v) is 5.28. The van der Waals surface area contributed by atoms with Crippen molar-refractivity contribution in [2.24, 2.45) is 0 Å². The van der Waals surface area contributed by atoms with Crippen molar-refractivity contribution in [3.63, 3.8) is 0 Å². The Morgan fingerprint density at radius 3 is 2.63 bits per heavy atom. The summed E-state index contributed by atoms with van der Waals surface area (Å²) in [5.74, 6) is 0.644. The van der Waals surface area contributed by atoms with Gasteiger partial charge in [-0.25, -0.2) is 0 Å². The Morgan fingerprint density at radius 1 is 1.20 bits per heavy atom. The summed E-state index contributed by atoms with van der Waals surface area (Å²) < 4.78 is 1.93. The van der Waals surface area contributed by atoms with Crippen molar-refractivity contribution < 1.29 is 9.72 Å². The van der Waals surface area contributed by atoms with Crippen LogP contribution in [0.5, 0.6) is 0 Å². The van der Waals surface area contributed by atoms with E-state index in [0.717, 1.165) is 11.5 Å². The van der Waals surface area contributed by atoms with Crippen LogP contribution < -0.4 is 10.6 Å².